The zero-order chi connectivity index (χ0) is 14.1. The fraction of sp³-hybridized carbons (Fsp3) is 0.533. The molecule has 3 rings (SSSR count). The molecule has 0 bridgehead atoms. The Bertz CT molecular complexity index is 523. The lowest BCUT2D eigenvalue weighted by Crippen LogP contribution is -2.54. The van der Waals surface area contributed by atoms with Crippen molar-refractivity contribution >= 4 is 21.8 Å². The first-order valence-electron chi connectivity index (χ1n) is 7.10. The average molecular weight is 341 g/mol. The molecular formula is C15H18BrFN2O. The van der Waals surface area contributed by atoms with Gasteiger partial charge >= 0.3 is 0 Å². The van der Waals surface area contributed by atoms with Crippen molar-refractivity contribution in [1.29, 1.82) is 0 Å². The first-order valence-corrected chi connectivity index (χ1v) is 7.89. The van der Waals surface area contributed by atoms with Crippen LogP contribution in [-0.4, -0.2) is 29.9 Å². The normalized spacial score (nSPS) is 26.5. The maximum absolute atomic E-state index is 13.6. The van der Waals surface area contributed by atoms with E-state index in [1.807, 2.05) is 11.0 Å². The van der Waals surface area contributed by atoms with Gasteiger partial charge in [-0.2, -0.15) is 0 Å². The molecule has 1 amide bonds. The van der Waals surface area contributed by atoms with Gasteiger partial charge < -0.3 is 10.2 Å². The highest BCUT2D eigenvalue weighted by atomic mass is 79.9. The van der Waals surface area contributed by atoms with E-state index in [-0.39, 0.29) is 11.7 Å². The molecule has 2 fully saturated rings. The van der Waals surface area contributed by atoms with Crippen LogP contribution in [-0.2, 0) is 11.3 Å². The number of likely N-dealkylation sites (tertiary alicyclic amines) is 1. The number of nitrogens with one attached hydrogen (secondary N) is 1. The maximum Gasteiger partial charge on any atom is 0.223 e. The predicted molar refractivity (Wildman–Crippen MR) is 78.6 cm³/mol. The summed E-state index contributed by atoms with van der Waals surface area (Å²) in [5.74, 6) is 0.465. The molecule has 0 aromatic heterocycles. The standard InChI is InChI=1S/C15H18BrFN2O/c16-15-11(2-1-3-12(15)17)9-19-13-6-7-18-8-10(13)4-5-14(19)20/h1-3,10,13,18H,4-9H2. The van der Waals surface area contributed by atoms with E-state index in [4.69, 9.17) is 0 Å². The summed E-state index contributed by atoms with van der Waals surface area (Å²) in [5, 5.41) is 3.40. The molecule has 0 radical (unpaired) electrons. The minimum atomic E-state index is -0.270. The van der Waals surface area contributed by atoms with Crippen LogP contribution >= 0.6 is 15.9 Å². The first kappa shape index (κ1) is 14.0. The average Bonchev–Trinajstić information content (AvgIpc) is 2.46. The van der Waals surface area contributed by atoms with Gasteiger partial charge in [-0.15, -0.1) is 0 Å². The molecule has 2 aliphatic heterocycles. The number of benzene rings is 1. The number of rotatable bonds is 2. The number of fused-ring (bicyclic) bond motifs is 1. The molecule has 1 aromatic rings. The van der Waals surface area contributed by atoms with Gasteiger partial charge in [0.1, 0.15) is 5.82 Å². The van der Waals surface area contributed by atoms with Gasteiger partial charge in [-0.1, -0.05) is 12.1 Å². The second kappa shape index (κ2) is 5.82. The van der Waals surface area contributed by atoms with E-state index in [1.54, 1.807) is 6.07 Å². The molecule has 2 unspecified atom stereocenters. The Morgan fingerprint density at radius 3 is 3.10 bits per heavy atom. The lowest BCUT2D eigenvalue weighted by molar-refractivity contribution is -0.140. The lowest BCUT2D eigenvalue weighted by Gasteiger charge is -2.44. The Morgan fingerprint density at radius 1 is 1.40 bits per heavy atom. The molecule has 1 N–H and O–H groups in total. The summed E-state index contributed by atoms with van der Waals surface area (Å²) in [4.78, 5) is 14.2. The van der Waals surface area contributed by atoms with Crippen LogP contribution in [0.5, 0.6) is 0 Å². The third-order valence-corrected chi connectivity index (χ3v) is 5.28. The Balaban J connectivity index is 1.83. The molecule has 20 heavy (non-hydrogen) atoms. The van der Waals surface area contributed by atoms with Crippen LogP contribution in [0.1, 0.15) is 24.8 Å². The molecule has 3 nitrogen and oxygen atoms in total. The number of hydrogen-bond acceptors (Lipinski definition) is 2. The van der Waals surface area contributed by atoms with Crippen LogP contribution in [0.15, 0.2) is 22.7 Å². The van der Waals surface area contributed by atoms with Gasteiger partial charge in [0.15, 0.2) is 0 Å². The van der Waals surface area contributed by atoms with E-state index >= 15 is 0 Å². The SMILES string of the molecule is O=C1CCC2CNCCC2N1Cc1cccc(F)c1Br. The van der Waals surface area contributed by atoms with Crippen molar-refractivity contribution in [2.45, 2.75) is 31.8 Å². The van der Waals surface area contributed by atoms with Gasteiger partial charge in [-0.05, 0) is 59.4 Å². The molecule has 0 spiro atoms. The topological polar surface area (TPSA) is 32.3 Å². The Labute approximate surface area is 126 Å². The number of carbonyl (C=O) groups excluding carboxylic acids is 1. The smallest absolute Gasteiger partial charge is 0.223 e. The van der Waals surface area contributed by atoms with E-state index in [9.17, 15) is 9.18 Å². The van der Waals surface area contributed by atoms with Gasteiger partial charge in [0, 0.05) is 19.0 Å². The number of nitrogens with zero attached hydrogens (tertiary/aromatic N) is 1. The molecular weight excluding hydrogens is 323 g/mol. The van der Waals surface area contributed by atoms with Crippen molar-refractivity contribution in [3.8, 4) is 0 Å². The summed E-state index contributed by atoms with van der Waals surface area (Å²) in [5.41, 5.74) is 0.845. The van der Waals surface area contributed by atoms with Gasteiger partial charge in [-0.3, -0.25) is 4.79 Å². The monoisotopic (exact) mass is 340 g/mol. The number of carbonyl (C=O) groups is 1. The Hall–Kier alpha value is -0.940. The minimum absolute atomic E-state index is 0.198. The molecule has 2 atom stereocenters. The van der Waals surface area contributed by atoms with Crippen molar-refractivity contribution in [2.75, 3.05) is 13.1 Å². The predicted octanol–water partition coefficient (Wildman–Crippen LogP) is 2.69. The van der Waals surface area contributed by atoms with Crippen LogP contribution in [0, 0.1) is 11.7 Å². The first-order chi connectivity index (χ1) is 9.66. The van der Waals surface area contributed by atoms with Crippen LogP contribution in [0.4, 0.5) is 4.39 Å². The molecule has 2 saturated heterocycles. The van der Waals surface area contributed by atoms with Crippen molar-refractivity contribution < 1.29 is 9.18 Å². The van der Waals surface area contributed by atoms with Crippen LogP contribution in [0.25, 0.3) is 0 Å². The third-order valence-electron chi connectivity index (χ3n) is 4.39. The van der Waals surface area contributed by atoms with Gasteiger partial charge in [-0.25, -0.2) is 4.39 Å². The van der Waals surface area contributed by atoms with Gasteiger partial charge in [0.05, 0.1) is 4.47 Å². The van der Waals surface area contributed by atoms with Crippen molar-refractivity contribution in [1.82, 2.24) is 10.2 Å². The summed E-state index contributed by atoms with van der Waals surface area (Å²) < 4.78 is 14.1. The van der Waals surface area contributed by atoms with Crippen molar-refractivity contribution in [3.63, 3.8) is 0 Å². The number of piperidine rings is 2. The summed E-state index contributed by atoms with van der Waals surface area (Å²) in [6.45, 7) is 2.44. The van der Waals surface area contributed by atoms with E-state index < -0.39 is 0 Å². The Morgan fingerprint density at radius 2 is 2.25 bits per heavy atom. The van der Waals surface area contributed by atoms with Crippen LogP contribution in [0.2, 0.25) is 0 Å². The highest BCUT2D eigenvalue weighted by Crippen LogP contribution is 2.31. The third kappa shape index (κ3) is 2.61. The Kier molecular flexibility index (Phi) is 4.08. The van der Waals surface area contributed by atoms with Crippen molar-refractivity contribution in [2.24, 2.45) is 5.92 Å². The largest absolute Gasteiger partial charge is 0.335 e. The highest BCUT2D eigenvalue weighted by Gasteiger charge is 2.37. The number of halogens is 2. The fourth-order valence-corrected chi connectivity index (χ4v) is 3.70. The molecule has 1 aromatic carbocycles. The second-order valence-corrected chi connectivity index (χ2v) is 6.39. The van der Waals surface area contributed by atoms with Crippen molar-refractivity contribution in [3.05, 3.63) is 34.1 Å². The van der Waals surface area contributed by atoms with E-state index in [0.717, 1.165) is 31.5 Å². The lowest BCUT2D eigenvalue weighted by atomic mass is 9.84. The summed E-state index contributed by atoms with van der Waals surface area (Å²) in [6.07, 6.45) is 2.57. The van der Waals surface area contributed by atoms with Crippen LogP contribution < -0.4 is 5.32 Å². The van der Waals surface area contributed by atoms with Gasteiger partial charge in [0.2, 0.25) is 5.91 Å². The van der Waals surface area contributed by atoms with Gasteiger partial charge in [0.25, 0.3) is 0 Å². The zero-order valence-electron chi connectivity index (χ0n) is 11.2. The van der Waals surface area contributed by atoms with E-state index in [1.165, 1.54) is 6.07 Å². The summed E-state index contributed by atoms with van der Waals surface area (Å²) in [7, 11) is 0. The van der Waals surface area contributed by atoms with E-state index in [0.29, 0.717) is 29.4 Å². The highest BCUT2D eigenvalue weighted by molar-refractivity contribution is 9.10. The molecule has 5 heteroatoms. The molecule has 0 saturated carbocycles. The molecule has 0 aliphatic carbocycles. The molecule has 2 aliphatic rings. The summed E-state index contributed by atoms with van der Waals surface area (Å²) >= 11 is 3.29. The van der Waals surface area contributed by atoms with E-state index in [2.05, 4.69) is 21.2 Å². The van der Waals surface area contributed by atoms with Crippen LogP contribution in [0.3, 0.4) is 0 Å². The molecule has 108 valence electrons. The quantitative estimate of drug-likeness (QED) is 0.897. The maximum atomic E-state index is 13.6. The zero-order valence-corrected chi connectivity index (χ0v) is 12.8. The molecule has 2 heterocycles. The fourth-order valence-electron chi connectivity index (χ4n) is 3.31. The number of amides is 1. The second-order valence-electron chi connectivity index (χ2n) is 5.59. The summed E-state index contributed by atoms with van der Waals surface area (Å²) in [6, 6.07) is 5.31. The number of hydrogen-bond donors (Lipinski definition) is 1. The minimum Gasteiger partial charge on any atom is -0.335 e.